The van der Waals surface area contributed by atoms with Crippen molar-refractivity contribution in [1.82, 2.24) is 9.78 Å². The van der Waals surface area contributed by atoms with Gasteiger partial charge in [0.1, 0.15) is 5.82 Å². The van der Waals surface area contributed by atoms with Crippen molar-refractivity contribution in [2.45, 2.75) is 32.4 Å². The molecular formula is C16H22N4O. The number of aliphatic hydroxyl groups is 1. The van der Waals surface area contributed by atoms with E-state index in [2.05, 4.69) is 10.00 Å². The van der Waals surface area contributed by atoms with Crippen LogP contribution in [0, 0.1) is 6.92 Å². The molecule has 1 atom stereocenters. The Hall–Kier alpha value is -1.85. The Labute approximate surface area is 125 Å². The third-order valence-electron chi connectivity index (χ3n) is 4.11. The third kappa shape index (κ3) is 2.54. The molecule has 1 aromatic heterocycles. The first kappa shape index (κ1) is 14.1. The quantitative estimate of drug-likeness (QED) is 0.899. The summed E-state index contributed by atoms with van der Waals surface area (Å²) in [6.45, 7) is 5.74. The maximum atomic E-state index is 10.3. The molecule has 0 saturated carbocycles. The van der Waals surface area contributed by atoms with Gasteiger partial charge in [-0.2, -0.15) is 5.10 Å². The van der Waals surface area contributed by atoms with E-state index in [1.807, 2.05) is 48.9 Å². The van der Waals surface area contributed by atoms with Gasteiger partial charge in [0, 0.05) is 25.2 Å². The van der Waals surface area contributed by atoms with Crippen molar-refractivity contribution in [3.05, 3.63) is 41.6 Å². The summed E-state index contributed by atoms with van der Waals surface area (Å²) in [5.74, 6) is 1.01. The molecular weight excluding hydrogens is 264 g/mol. The molecule has 1 aromatic carbocycles. The minimum atomic E-state index is -0.647. The van der Waals surface area contributed by atoms with Gasteiger partial charge in [-0.1, -0.05) is 18.2 Å². The van der Waals surface area contributed by atoms with Gasteiger partial charge in [0.25, 0.3) is 0 Å². The zero-order valence-electron chi connectivity index (χ0n) is 12.6. The van der Waals surface area contributed by atoms with Crippen LogP contribution in [0.4, 0.5) is 5.82 Å². The van der Waals surface area contributed by atoms with Crippen LogP contribution in [0.5, 0.6) is 0 Å². The average molecular weight is 286 g/mol. The van der Waals surface area contributed by atoms with E-state index in [1.54, 1.807) is 0 Å². The molecule has 1 aliphatic rings. The van der Waals surface area contributed by atoms with Gasteiger partial charge >= 0.3 is 0 Å². The Morgan fingerprint density at radius 2 is 2.05 bits per heavy atom. The highest BCUT2D eigenvalue weighted by molar-refractivity contribution is 5.56. The lowest BCUT2D eigenvalue weighted by Crippen LogP contribution is -2.31. The van der Waals surface area contributed by atoms with E-state index in [0.717, 1.165) is 35.7 Å². The van der Waals surface area contributed by atoms with Gasteiger partial charge < -0.3 is 15.7 Å². The van der Waals surface area contributed by atoms with Crippen LogP contribution in [-0.2, 0) is 6.54 Å². The predicted octanol–water partition coefficient (Wildman–Crippen LogP) is 1.60. The molecule has 3 N–H and O–H groups in total. The summed E-state index contributed by atoms with van der Waals surface area (Å²) in [5.41, 5.74) is 8.30. The van der Waals surface area contributed by atoms with E-state index in [9.17, 15) is 5.11 Å². The summed E-state index contributed by atoms with van der Waals surface area (Å²) in [7, 11) is 0. The maximum absolute atomic E-state index is 10.3. The first-order valence-electron chi connectivity index (χ1n) is 7.33. The van der Waals surface area contributed by atoms with Crippen molar-refractivity contribution in [1.29, 1.82) is 0 Å². The lowest BCUT2D eigenvalue weighted by Gasteiger charge is -2.23. The number of aryl methyl sites for hydroxylation is 1. The maximum Gasteiger partial charge on any atom is 0.137 e. The van der Waals surface area contributed by atoms with E-state index in [-0.39, 0.29) is 0 Å². The SMILES string of the molecule is Cc1nn(-c2ccccc2)c(N2CCC(C)(O)C2)c1CN. The highest BCUT2D eigenvalue weighted by Crippen LogP contribution is 2.32. The summed E-state index contributed by atoms with van der Waals surface area (Å²) >= 11 is 0. The second kappa shape index (κ2) is 5.16. The molecule has 5 heteroatoms. The smallest absolute Gasteiger partial charge is 0.137 e. The fourth-order valence-electron chi connectivity index (χ4n) is 2.99. The minimum Gasteiger partial charge on any atom is -0.388 e. The monoisotopic (exact) mass is 286 g/mol. The Morgan fingerprint density at radius 1 is 1.33 bits per heavy atom. The summed E-state index contributed by atoms with van der Waals surface area (Å²) in [4.78, 5) is 2.19. The van der Waals surface area contributed by atoms with Crippen LogP contribution in [-0.4, -0.2) is 33.6 Å². The molecule has 0 radical (unpaired) electrons. The molecule has 1 fully saturated rings. The van der Waals surface area contributed by atoms with Crippen molar-refractivity contribution in [3.8, 4) is 5.69 Å². The number of hydrogen-bond acceptors (Lipinski definition) is 4. The summed E-state index contributed by atoms with van der Waals surface area (Å²) < 4.78 is 1.94. The molecule has 0 amide bonds. The number of nitrogens with two attached hydrogens (primary N) is 1. The molecule has 2 heterocycles. The number of para-hydroxylation sites is 1. The third-order valence-corrected chi connectivity index (χ3v) is 4.11. The van der Waals surface area contributed by atoms with Crippen LogP contribution in [0.1, 0.15) is 24.6 Å². The average Bonchev–Trinajstić information content (AvgIpc) is 2.99. The molecule has 0 spiro atoms. The standard InChI is InChI=1S/C16H22N4O/c1-12-14(10-17)15(19-9-8-16(2,21)11-19)20(18-12)13-6-4-3-5-7-13/h3-7,21H,8-11,17H2,1-2H3. The number of hydrogen-bond donors (Lipinski definition) is 2. The molecule has 1 saturated heterocycles. The zero-order chi connectivity index (χ0) is 15.0. The normalized spacial score (nSPS) is 22.0. The molecule has 3 rings (SSSR count). The highest BCUT2D eigenvalue weighted by Gasteiger charge is 2.34. The molecule has 1 unspecified atom stereocenters. The molecule has 112 valence electrons. The number of β-amino-alcohol motifs (C(OH)–C–C–N with tert-alkyl or cyclic N) is 1. The van der Waals surface area contributed by atoms with Gasteiger partial charge in [0.2, 0.25) is 0 Å². The van der Waals surface area contributed by atoms with Gasteiger partial charge in [0.15, 0.2) is 0 Å². The van der Waals surface area contributed by atoms with Crippen molar-refractivity contribution in [3.63, 3.8) is 0 Å². The van der Waals surface area contributed by atoms with Crippen LogP contribution < -0.4 is 10.6 Å². The van der Waals surface area contributed by atoms with Crippen molar-refractivity contribution >= 4 is 5.82 Å². The van der Waals surface area contributed by atoms with Gasteiger partial charge in [-0.15, -0.1) is 0 Å². The number of nitrogens with zero attached hydrogens (tertiary/aromatic N) is 3. The van der Waals surface area contributed by atoms with E-state index in [4.69, 9.17) is 5.73 Å². The van der Waals surface area contributed by atoms with Crippen LogP contribution in [0.15, 0.2) is 30.3 Å². The summed E-state index contributed by atoms with van der Waals surface area (Å²) in [6.07, 6.45) is 0.760. The molecule has 0 aliphatic carbocycles. The highest BCUT2D eigenvalue weighted by atomic mass is 16.3. The molecule has 0 bridgehead atoms. The van der Waals surface area contributed by atoms with Gasteiger partial charge in [-0.3, -0.25) is 0 Å². The second-order valence-corrected chi connectivity index (χ2v) is 6.01. The first-order valence-corrected chi connectivity index (χ1v) is 7.33. The first-order chi connectivity index (χ1) is 10.0. The fraction of sp³-hybridized carbons (Fsp3) is 0.438. The minimum absolute atomic E-state index is 0.451. The van der Waals surface area contributed by atoms with Crippen molar-refractivity contribution < 1.29 is 5.11 Å². The van der Waals surface area contributed by atoms with Gasteiger partial charge in [0.05, 0.1) is 17.0 Å². The van der Waals surface area contributed by atoms with Crippen molar-refractivity contribution in [2.75, 3.05) is 18.0 Å². The van der Waals surface area contributed by atoms with E-state index >= 15 is 0 Å². The van der Waals surface area contributed by atoms with Crippen LogP contribution >= 0.6 is 0 Å². The van der Waals surface area contributed by atoms with Crippen LogP contribution in [0.2, 0.25) is 0 Å². The van der Waals surface area contributed by atoms with E-state index in [0.29, 0.717) is 13.1 Å². The van der Waals surface area contributed by atoms with E-state index in [1.165, 1.54) is 0 Å². The second-order valence-electron chi connectivity index (χ2n) is 6.01. The molecule has 1 aliphatic heterocycles. The van der Waals surface area contributed by atoms with Gasteiger partial charge in [-0.05, 0) is 32.4 Å². The Bertz CT molecular complexity index is 633. The Morgan fingerprint density at radius 3 is 2.62 bits per heavy atom. The summed E-state index contributed by atoms with van der Waals surface area (Å²) in [6, 6.07) is 10.1. The fourth-order valence-corrected chi connectivity index (χ4v) is 2.99. The number of benzene rings is 1. The van der Waals surface area contributed by atoms with Crippen LogP contribution in [0.25, 0.3) is 5.69 Å². The van der Waals surface area contributed by atoms with Crippen LogP contribution in [0.3, 0.4) is 0 Å². The number of anilines is 1. The largest absolute Gasteiger partial charge is 0.388 e. The zero-order valence-corrected chi connectivity index (χ0v) is 12.6. The number of aromatic nitrogens is 2. The van der Waals surface area contributed by atoms with Crippen molar-refractivity contribution in [2.24, 2.45) is 5.73 Å². The van der Waals surface area contributed by atoms with Gasteiger partial charge in [-0.25, -0.2) is 4.68 Å². The molecule has 2 aromatic rings. The summed E-state index contributed by atoms with van der Waals surface area (Å²) in [5, 5.41) is 14.9. The lowest BCUT2D eigenvalue weighted by molar-refractivity contribution is 0.0838. The molecule has 21 heavy (non-hydrogen) atoms. The topological polar surface area (TPSA) is 67.3 Å². The Kier molecular flexibility index (Phi) is 3.47. The predicted molar refractivity (Wildman–Crippen MR) is 83.6 cm³/mol. The lowest BCUT2D eigenvalue weighted by atomic mass is 10.1. The van der Waals surface area contributed by atoms with E-state index < -0.39 is 5.60 Å². The Balaban J connectivity index is 2.10. The molecule has 5 nitrogen and oxygen atoms in total. The number of rotatable bonds is 3.